The number of nitrogens with two attached hydrogens (primary N) is 1. The molecule has 0 aliphatic heterocycles. The van der Waals surface area contributed by atoms with Gasteiger partial charge in [0.2, 0.25) is 5.91 Å². The molecule has 4 heteroatoms. The van der Waals surface area contributed by atoms with Crippen molar-refractivity contribution in [2.75, 3.05) is 19.7 Å². The van der Waals surface area contributed by atoms with Crippen LogP contribution in [-0.4, -0.2) is 31.2 Å². The predicted octanol–water partition coefficient (Wildman–Crippen LogP) is 2.22. The maximum absolute atomic E-state index is 11.4. The standard InChI is InChI=1S/C15H30N2O2/c1-3-5-13-6-9-15(12-16,10-7-13)19-11-8-14(18)17-4-2/h13H,3-12,16H2,1-2H3,(H,17,18). The zero-order valence-electron chi connectivity index (χ0n) is 12.5. The molecule has 1 fully saturated rings. The molecule has 1 rings (SSSR count). The molecule has 0 bridgehead atoms. The molecule has 0 heterocycles. The van der Waals surface area contributed by atoms with E-state index in [1.54, 1.807) is 0 Å². The van der Waals surface area contributed by atoms with Crippen LogP contribution in [0.1, 0.15) is 58.8 Å². The van der Waals surface area contributed by atoms with Gasteiger partial charge in [-0.25, -0.2) is 0 Å². The van der Waals surface area contributed by atoms with Crippen LogP contribution in [0, 0.1) is 5.92 Å². The third-order valence-corrected chi connectivity index (χ3v) is 4.20. The Balaban J connectivity index is 2.31. The molecule has 0 aromatic carbocycles. The first-order valence-electron chi connectivity index (χ1n) is 7.76. The topological polar surface area (TPSA) is 64.3 Å². The first-order valence-corrected chi connectivity index (χ1v) is 7.76. The first kappa shape index (κ1) is 16.4. The Morgan fingerprint density at radius 2 is 2.05 bits per heavy atom. The molecule has 0 radical (unpaired) electrons. The molecule has 0 saturated heterocycles. The zero-order chi connectivity index (χ0) is 14.1. The SMILES string of the molecule is CCCC1CCC(CN)(OCCC(=O)NCC)CC1. The van der Waals surface area contributed by atoms with Crippen molar-refractivity contribution < 1.29 is 9.53 Å². The van der Waals surface area contributed by atoms with Crippen LogP contribution in [0.3, 0.4) is 0 Å². The van der Waals surface area contributed by atoms with E-state index in [9.17, 15) is 4.79 Å². The Morgan fingerprint density at radius 3 is 2.58 bits per heavy atom. The molecule has 1 aliphatic carbocycles. The highest BCUT2D eigenvalue weighted by Crippen LogP contribution is 2.36. The molecule has 0 aromatic heterocycles. The van der Waals surface area contributed by atoms with Crippen LogP contribution in [0.5, 0.6) is 0 Å². The van der Waals surface area contributed by atoms with Gasteiger partial charge in [0, 0.05) is 19.5 Å². The van der Waals surface area contributed by atoms with Crippen molar-refractivity contribution >= 4 is 5.91 Å². The van der Waals surface area contributed by atoms with E-state index in [2.05, 4.69) is 12.2 Å². The van der Waals surface area contributed by atoms with Crippen LogP contribution in [0.25, 0.3) is 0 Å². The van der Waals surface area contributed by atoms with Gasteiger partial charge in [-0.15, -0.1) is 0 Å². The number of hydrogen-bond acceptors (Lipinski definition) is 3. The average Bonchev–Trinajstić information content (AvgIpc) is 2.42. The van der Waals surface area contributed by atoms with E-state index in [4.69, 9.17) is 10.5 Å². The van der Waals surface area contributed by atoms with Gasteiger partial charge in [-0.05, 0) is 38.5 Å². The van der Waals surface area contributed by atoms with Crippen LogP contribution in [0.15, 0.2) is 0 Å². The molecular formula is C15H30N2O2. The number of carbonyl (C=O) groups excluding carboxylic acids is 1. The summed E-state index contributed by atoms with van der Waals surface area (Å²) < 4.78 is 5.98. The van der Waals surface area contributed by atoms with Crippen LogP contribution < -0.4 is 11.1 Å². The highest BCUT2D eigenvalue weighted by Gasteiger charge is 2.34. The lowest BCUT2D eigenvalue weighted by Crippen LogP contribution is -2.44. The summed E-state index contributed by atoms with van der Waals surface area (Å²) in [6.45, 7) is 5.91. The minimum Gasteiger partial charge on any atom is -0.373 e. The third kappa shape index (κ3) is 5.49. The molecule has 112 valence electrons. The molecule has 0 unspecified atom stereocenters. The Kier molecular flexibility index (Phi) is 7.39. The molecule has 0 aromatic rings. The second kappa shape index (κ2) is 8.54. The van der Waals surface area contributed by atoms with Crippen molar-refractivity contribution in [3.8, 4) is 0 Å². The summed E-state index contributed by atoms with van der Waals surface area (Å²) in [4.78, 5) is 11.4. The van der Waals surface area contributed by atoms with E-state index < -0.39 is 0 Å². The van der Waals surface area contributed by atoms with Gasteiger partial charge in [-0.1, -0.05) is 19.8 Å². The molecule has 4 nitrogen and oxygen atoms in total. The summed E-state index contributed by atoms with van der Waals surface area (Å²) in [7, 11) is 0. The van der Waals surface area contributed by atoms with Crippen LogP contribution in [0.4, 0.5) is 0 Å². The number of nitrogens with one attached hydrogen (secondary N) is 1. The molecular weight excluding hydrogens is 240 g/mol. The summed E-state index contributed by atoms with van der Waals surface area (Å²) >= 11 is 0. The second-order valence-electron chi connectivity index (χ2n) is 5.67. The highest BCUT2D eigenvalue weighted by atomic mass is 16.5. The van der Waals surface area contributed by atoms with Gasteiger partial charge in [-0.2, -0.15) is 0 Å². The normalized spacial score (nSPS) is 27.2. The van der Waals surface area contributed by atoms with Crippen LogP contribution in [0.2, 0.25) is 0 Å². The number of amides is 1. The van der Waals surface area contributed by atoms with Crippen molar-refractivity contribution in [1.82, 2.24) is 5.32 Å². The maximum Gasteiger partial charge on any atom is 0.222 e. The second-order valence-corrected chi connectivity index (χ2v) is 5.67. The van der Waals surface area contributed by atoms with Gasteiger partial charge in [0.1, 0.15) is 0 Å². The van der Waals surface area contributed by atoms with E-state index in [-0.39, 0.29) is 11.5 Å². The van der Waals surface area contributed by atoms with Gasteiger partial charge in [0.25, 0.3) is 0 Å². The number of carbonyl (C=O) groups is 1. The largest absolute Gasteiger partial charge is 0.373 e. The lowest BCUT2D eigenvalue weighted by Gasteiger charge is -2.39. The summed E-state index contributed by atoms with van der Waals surface area (Å²) in [6, 6.07) is 0. The minimum absolute atomic E-state index is 0.0642. The lowest BCUT2D eigenvalue weighted by atomic mass is 9.77. The van der Waals surface area contributed by atoms with Gasteiger partial charge < -0.3 is 15.8 Å². The first-order chi connectivity index (χ1) is 9.15. The Labute approximate surface area is 117 Å². The van der Waals surface area contributed by atoms with Crippen LogP contribution in [-0.2, 0) is 9.53 Å². The Bertz CT molecular complexity index is 261. The third-order valence-electron chi connectivity index (χ3n) is 4.20. The van der Waals surface area contributed by atoms with Crippen molar-refractivity contribution in [1.29, 1.82) is 0 Å². The molecule has 0 spiro atoms. The van der Waals surface area contributed by atoms with Gasteiger partial charge in [-0.3, -0.25) is 4.79 Å². The minimum atomic E-state index is -0.170. The van der Waals surface area contributed by atoms with Crippen molar-refractivity contribution in [3.63, 3.8) is 0 Å². The van der Waals surface area contributed by atoms with Crippen molar-refractivity contribution in [2.45, 2.75) is 64.4 Å². The van der Waals surface area contributed by atoms with E-state index >= 15 is 0 Å². The fraction of sp³-hybridized carbons (Fsp3) is 0.933. The summed E-state index contributed by atoms with van der Waals surface area (Å²) in [5, 5.41) is 2.79. The van der Waals surface area contributed by atoms with E-state index in [0.29, 0.717) is 26.1 Å². The van der Waals surface area contributed by atoms with Gasteiger partial charge in [0.05, 0.1) is 12.2 Å². The molecule has 1 aliphatic rings. The highest BCUT2D eigenvalue weighted by molar-refractivity contribution is 5.75. The van der Waals surface area contributed by atoms with Crippen molar-refractivity contribution in [2.24, 2.45) is 11.7 Å². The van der Waals surface area contributed by atoms with Gasteiger partial charge >= 0.3 is 0 Å². The van der Waals surface area contributed by atoms with Gasteiger partial charge in [0.15, 0.2) is 0 Å². The van der Waals surface area contributed by atoms with E-state index in [0.717, 1.165) is 18.8 Å². The van der Waals surface area contributed by atoms with E-state index in [1.807, 2.05) is 6.92 Å². The van der Waals surface area contributed by atoms with Crippen molar-refractivity contribution in [3.05, 3.63) is 0 Å². The Morgan fingerprint density at radius 1 is 1.37 bits per heavy atom. The van der Waals surface area contributed by atoms with Crippen LogP contribution >= 0.6 is 0 Å². The molecule has 1 amide bonds. The quantitative estimate of drug-likeness (QED) is 0.711. The fourth-order valence-corrected chi connectivity index (χ4v) is 2.95. The molecule has 1 saturated carbocycles. The Hall–Kier alpha value is -0.610. The fourth-order valence-electron chi connectivity index (χ4n) is 2.95. The summed E-state index contributed by atoms with van der Waals surface area (Å²) in [6.07, 6.45) is 7.54. The molecule has 3 N–H and O–H groups in total. The summed E-state index contributed by atoms with van der Waals surface area (Å²) in [5.74, 6) is 0.908. The monoisotopic (exact) mass is 270 g/mol. The molecule has 0 atom stereocenters. The predicted molar refractivity (Wildman–Crippen MR) is 77.9 cm³/mol. The smallest absolute Gasteiger partial charge is 0.222 e. The number of rotatable bonds is 8. The summed E-state index contributed by atoms with van der Waals surface area (Å²) in [5.41, 5.74) is 5.74. The number of hydrogen-bond donors (Lipinski definition) is 2. The number of ether oxygens (including phenoxy) is 1. The maximum atomic E-state index is 11.4. The van der Waals surface area contributed by atoms with E-state index in [1.165, 1.54) is 25.7 Å². The zero-order valence-corrected chi connectivity index (χ0v) is 12.5. The molecule has 19 heavy (non-hydrogen) atoms. The lowest BCUT2D eigenvalue weighted by molar-refractivity contribution is -0.125. The average molecular weight is 270 g/mol.